The monoisotopic (exact) mass is 789 g/mol. The van der Waals surface area contributed by atoms with Crippen LogP contribution in [0.3, 0.4) is 0 Å². The lowest BCUT2D eigenvalue weighted by molar-refractivity contribution is -0.141. The second-order valence-corrected chi connectivity index (χ2v) is 16.9. The summed E-state index contributed by atoms with van der Waals surface area (Å²) < 4.78 is 45.1. The molecule has 1 atom stereocenters. The summed E-state index contributed by atoms with van der Waals surface area (Å²) >= 11 is 0. The average molecular weight is 790 g/mol. The number of carboxylic acids is 1. The summed E-state index contributed by atoms with van der Waals surface area (Å²) in [5.74, 6) is -3.86. The van der Waals surface area contributed by atoms with Gasteiger partial charge in [-0.2, -0.15) is 8.42 Å². The number of rotatable bonds is 15. The van der Waals surface area contributed by atoms with Crippen LogP contribution in [0.1, 0.15) is 76.8 Å². The second-order valence-electron chi connectivity index (χ2n) is 15.4. The molecule has 56 heavy (non-hydrogen) atoms. The van der Waals surface area contributed by atoms with Crippen molar-refractivity contribution in [2.24, 2.45) is 0 Å². The number of nitrogens with zero attached hydrogens (tertiary/aromatic N) is 3. The number of benzene rings is 3. The topological polar surface area (TPSA) is 166 Å². The molecule has 2 amide bonds. The molecule has 2 heterocycles. The minimum Gasteiger partial charge on any atom is -0.480 e. The first-order valence-corrected chi connectivity index (χ1v) is 20.8. The SMILES string of the molecule is COCCN1CCCc2cc3c(cc21)C(C)(C)c1cc2c(cc1=C3c1ccccc1C(=O)N(C)CCC(=O)N[C@@H](CS(=O)(=O)O)C(=O)O)CCC[N+]=2CCOC. The number of nitrogens with one attached hydrogen (secondary N) is 1. The highest BCUT2D eigenvalue weighted by atomic mass is 32.2. The number of anilines is 1. The molecule has 0 unspecified atom stereocenters. The van der Waals surface area contributed by atoms with Crippen LogP contribution >= 0.6 is 0 Å². The fraction of sp³-hybridized carbons (Fsp3) is 0.476. The van der Waals surface area contributed by atoms with Crippen molar-refractivity contribution in [1.29, 1.82) is 0 Å². The highest BCUT2D eigenvalue weighted by Crippen LogP contribution is 2.44. The zero-order chi connectivity index (χ0) is 40.4. The van der Waals surface area contributed by atoms with E-state index in [1.54, 1.807) is 27.3 Å². The van der Waals surface area contributed by atoms with Gasteiger partial charge in [0.2, 0.25) is 11.3 Å². The average Bonchev–Trinajstić information content (AvgIpc) is 3.16. The predicted molar refractivity (Wildman–Crippen MR) is 213 cm³/mol. The Morgan fingerprint density at radius 1 is 0.982 bits per heavy atom. The maximum atomic E-state index is 14.4. The van der Waals surface area contributed by atoms with E-state index < -0.39 is 33.8 Å². The lowest BCUT2D eigenvalue weighted by atomic mass is 9.67. The molecule has 0 saturated heterocycles. The first kappa shape index (κ1) is 41.0. The molecule has 0 bridgehead atoms. The zero-order valence-electron chi connectivity index (χ0n) is 32.9. The van der Waals surface area contributed by atoms with Crippen LogP contribution in [0.25, 0.3) is 5.57 Å². The summed E-state index contributed by atoms with van der Waals surface area (Å²) in [6.45, 7) is 9.22. The summed E-state index contributed by atoms with van der Waals surface area (Å²) in [5.41, 5.74) is 8.97. The van der Waals surface area contributed by atoms with Gasteiger partial charge in [-0.25, -0.2) is 9.37 Å². The van der Waals surface area contributed by atoms with Gasteiger partial charge < -0.3 is 29.7 Å². The number of fused-ring (bicyclic) bond motifs is 4. The normalized spacial score (nSPS) is 16.3. The second kappa shape index (κ2) is 16.8. The Morgan fingerprint density at radius 3 is 2.43 bits per heavy atom. The molecule has 0 fully saturated rings. The van der Waals surface area contributed by atoms with Crippen molar-refractivity contribution in [3.8, 4) is 0 Å². The fourth-order valence-electron chi connectivity index (χ4n) is 8.43. The Morgan fingerprint density at radius 2 is 1.71 bits per heavy atom. The lowest BCUT2D eigenvalue weighted by Crippen LogP contribution is -2.46. The van der Waals surface area contributed by atoms with E-state index in [0.717, 1.165) is 73.8 Å². The number of hydrogen-bond acceptors (Lipinski definition) is 8. The smallest absolute Gasteiger partial charge is 0.327 e. The number of carbonyl (C=O) groups is 3. The number of aryl methyl sites for hydroxylation is 2. The van der Waals surface area contributed by atoms with Gasteiger partial charge in [-0.3, -0.25) is 14.1 Å². The van der Waals surface area contributed by atoms with Gasteiger partial charge in [0, 0.05) is 82.0 Å². The van der Waals surface area contributed by atoms with Gasteiger partial charge in [0.05, 0.1) is 6.61 Å². The van der Waals surface area contributed by atoms with Gasteiger partial charge >= 0.3 is 5.97 Å². The minimum atomic E-state index is -4.66. The predicted octanol–water partition coefficient (Wildman–Crippen LogP) is 1.98. The third-order valence-corrected chi connectivity index (χ3v) is 12.1. The zero-order valence-corrected chi connectivity index (χ0v) is 33.7. The van der Waals surface area contributed by atoms with Crippen LogP contribution in [0.15, 0.2) is 48.5 Å². The molecule has 3 aromatic rings. The first-order valence-electron chi connectivity index (χ1n) is 19.2. The van der Waals surface area contributed by atoms with Gasteiger partial charge in [0.25, 0.3) is 16.0 Å². The molecule has 0 radical (unpaired) electrons. The van der Waals surface area contributed by atoms with Crippen LogP contribution in [-0.2, 0) is 47.4 Å². The van der Waals surface area contributed by atoms with E-state index in [1.165, 1.54) is 38.2 Å². The summed E-state index contributed by atoms with van der Waals surface area (Å²) in [5, 5.41) is 13.8. The number of amides is 2. The van der Waals surface area contributed by atoms with Gasteiger partial charge in [-0.05, 0) is 82.1 Å². The standard InChI is InChI=1S/C42H52N4O9S/c1-42(2)33-24-36-27(10-8-15-45(36)18-20-54-4)22-31(33)39(32-23-28-11-9-16-46(19-21-55-5)37(28)25-34(32)42)29-12-6-7-13-30(29)40(48)44(3)17-14-38(47)43-35(41(49)50)26-56(51,52)53/h6-7,12-13,22-25,35H,8-11,14-21,26H2,1-5H3,(H2-,43,47,49,50,51,52,53)/p+1/t35-/m0/s1. The molecule has 1 aliphatic carbocycles. The van der Waals surface area contributed by atoms with Crippen molar-refractivity contribution >= 4 is 39.2 Å². The lowest BCUT2D eigenvalue weighted by Gasteiger charge is -2.39. The molecule has 3 aromatic carbocycles. The van der Waals surface area contributed by atoms with E-state index >= 15 is 0 Å². The number of carbonyl (C=O) groups excluding carboxylic acids is 2. The third kappa shape index (κ3) is 8.53. The van der Waals surface area contributed by atoms with E-state index in [1.807, 2.05) is 18.2 Å². The molecule has 6 rings (SSSR count). The molecule has 300 valence electrons. The number of ether oxygens (including phenoxy) is 2. The van der Waals surface area contributed by atoms with Crippen molar-refractivity contribution < 1.29 is 41.9 Å². The van der Waals surface area contributed by atoms with Crippen LogP contribution in [0.5, 0.6) is 0 Å². The van der Waals surface area contributed by atoms with Crippen LogP contribution in [-0.4, -0.2) is 120 Å². The Bertz CT molecular complexity index is 2270. The highest BCUT2D eigenvalue weighted by Gasteiger charge is 2.37. The van der Waals surface area contributed by atoms with E-state index in [4.69, 9.17) is 14.0 Å². The Kier molecular flexibility index (Phi) is 12.3. The molecule has 0 aromatic heterocycles. The van der Waals surface area contributed by atoms with E-state index in [2.05, 4.69) is 52.9 Å². The van der Waals surface area contributed by atoms with Crippen LogP contribution < -0.4 is 25.4 Å². The minimum absolute atomic E-state index is 0.0671. The van der Waals surface area contributed by atoms with Gasteiger partial charge in [0.15, 0.2) is 6.54 Å². The van der Waals surface area contributed by atoms with Crippen LogP contribution in [0, 0.1) is 0 Å². The largest absolute Gasteiger partial charge is 0.480 e. The number of carboxylic acid groups (broad SMARTS) is 1. The summed E-state index contributed by atoms with van der Waals surface area (Å²) in [7, 11) is 0.364. The fourth-order valence-corrected chi connectivity index (χ4v) is 9.08. The summed E-state index contributed by atoms with van der Waals surface area (Å²) in [6.07, 6.45) is 3.62. The van der Waals surface area contributed by atoms with Crippen LogP contribution in [0.2, 0.25) is 0 Å². The molecule has 2 aliphatic heterocycles. The Labute approximate surface area is 328 Å². The van der Waals surface area contributed by atoms with Gasteiger partial charge in [0.1, 0.15) is 24.9 Å². The number of hydrogen-bond donors (Lipinski definition) is 3. The Hall–Kier alpha value is -4.63. The quantitative estimate of drug-likeness (QED) is 0.153. The third-order valence-electron chi connectivity index (χ3n) is 11.3. The molecule has 13 nitrogen and oxygen atoms in total. The van der Waals surface area contributed by atoms with Gasteiger partial charge in [-0.1, -0.05) is 32.0 Å². The molecular weight excluding hydrogens is 737 g/mol. The van der Waals surface area contributed by atoms with E-state index in [9.17, 15) is 27.9 Å². The maximum Gasteiger partial charge on any atom is 0.327 e. The maximum absolute atomic E-state index is 14.4. The van der Waals surface area contributed by atoms with Crippen molar-refractivity contribution in [2.75, 3.05) is 77.9 Å². The molecule has 3 aliphatic rings. The molecular formula is C42H53N4O9S+. The highest BCUT2D eigenvalue weighted by molar-refractivity contribution is 7.85. The molecule has 0 saturated carbocycles. The number of methoxy groups -OCH3 is 2. The van der Waals surface area contributed by atoms with Crippen molar-refractivity contribution in [3.63, 3.8) is 0 Å². The van der Waals surface area contributed by atoms with Crippen molar-refractivity contribution in [1.82, 2.24) is 14.8 Å². The van der Waals surface area contributed by atoms with E-state index in [0.29, 0.717) is 18.8 Å². The summed E-state index contributed by atoms with van der Waals surface area (Å²) in [4.78, 5) is 42.5. The summed E-state index contributed by atoms with van der Waals surface area (Å²) in [6, 6.07) is 15.1. The van der Waals surface area contributed by atoms with Crippen LogP contribution in [0.4, 0.5) is 5.69 Å². The number of aliphatic carboxylic acids is 1. The van der Waals surface area contributed by atoms with Gasteiger partial charge in [-0.15, -0.1) is 0 Å². The Balaban J connectivity index is 1.48. The molecule has 14 heteroatoms. The van der Waals surface area contributed by atoms with E-state index in [-0.39, 0.29) is 24.3 Å². The molecule has 0 spiro atoms. The van der Waals surface area contributed by atoms with Crippen molar-refractivity contribution in [2.45, 2.75) is 57.4 Å². The first-order chi connectivity index (χ1) is 26.6. The molecule has 3 N–H and O–H groups in total. The van der Waals surface area contributed by atoms with Crippen molar-refractivity contribution in [3.05, 3.63) is 98.1 Å².